The third-order valence-electron chi connectivity index (χ3n) is 4.44. The van der Waals surface area contributed by atoms with E-state index in [1.807, 2.05) is 66.9 Å². The minimum absolute atomic E-state index is 0.0621. The number of ether oxygens (including phenoxy) is 1. The molecule has 0 saturated carbocycles. The van der Waals surface area contributed by atoms with E-state index in [-0.39, 0.29) is 5.91 Å². The number of hydrogen-bond donors (Lipinski definition) is 2. The van der Waals surface area contributed by atoms with Crippen molar-refractivity contribution in [2.45, 2.75) is 6.42 Å². The van der Waals surface area contributed by atoms with E-state index in [4.69, 9.17) is 4.74 Å². The fourth-order valence-corrected chi connectivity index (χ4v) is 3.12. The summed E-state index contributed by atoms with van der Waals surface area (Å²) >= 11 is 0. The minimum atomic E-state index is -0.0621. The van der Waals surface area contributed by atoms with Crippen LogP contribution in [0.2, 0.25) is 0 Å². The summed E-state index contributed by atoms with van der Waals surface area (Å²) in [6.45, 7) is 0. The van der Waals surface area contributed by atoms with E-state index in [0.717, 1.165) is 39.2 Å². The lowest BCUT2D eigenvalue weighted by atomic mass is 10.0. The van der Waals surface area contributed by atoms with Gasteiger partial charge in [-0.15, -0.1) is 0 Å². The Morgan fingerprint density at radius 3 is 2.78 bits per heavy atom. The number of amides is 1. The second kappa shape index (κ2) is 7.33. The Labute approximate surface area is 157 Å². The number of nitrogens with zero attached hydrogens (tertiary/aromatic N) is 1. The van der Waals surface area contributed by atoms with Gasteiger partial charge in [0.25, 0.3) is 0 Å². The Morgan fingerprint density at radius 1 is 1.11 bits per heavy atom. The first kappa shape index (κ1) is 16.8. The maximum Gasteiger partial charge on any atom is 0.228 e. The van der Waals surface area contributed by atoms with E-state index < -0.39 is 0 Å². The first-order valence-electron chi connectivity index (χ1n) is 8.68. The van der Waals surface area contributed by atoms with Gasteiger partial charge >= 0.3 is 0 Å². The summed E-state index contributed by atoms with van der Waals surface area (Å²) in [5, 5.41) is 4.02. The molecule has 5 nitrogen and oxygen atoms in total. The Kier molecular flexibility index (Phi) is 4.58. The molecule has 0 radical (unpaired) electrons. The Hall–Kier alpha value is -3.60. The van der Waals surface area contributed by atoms with Crippen molar-refractivity contribution in [2.24, 2.45) is 0 Å². The molecule has 1 amide bonds. The molecule has 0 saturated heterocycles. The number of hydrogen-bond acceptors (Lipinski definition) is 3. The van der Waals surface area contributed by atoms with E-state index in [0.29, 0.717) is 6.42 Å². The number of pyridine rings is 1. The van der Waals surface area contributed by atoms with Crippen LogP contribution >= 0.6 is 0 Å². The number of rotatable bonds is 5. The molecule has 0 aliphatic heterocycles. The van der Waals surface area contributed by atoms with Gasteiger partial charge in [0.15, 0.2) is 0 Å². The number of benzene rings is 2. The van der Waals surface area contributed by atoms with Gasteiger partial charge in [-0.3, -0.25) is 4.79 Å². The predicted octanol–water partition coefficient (Wildman–Crippen LogP) is 4.42. The molecule has 134 valence electrons. The SMILES string of the molecule is COc1cccc(CC(=O)Nc2ccc(-c3ccnc4[nH]ccc34)cc2)c1. The van der Waals surface area contributed by atoms with Crippen molar-refractivity contribution in [3.05, 3.63) is 78.6 Å². The van der Waals surface area contributed by atoms with Crippen molar-refractivity contribution in [1.82, 2.24) is 9.97 Å². The number of aromatic amines is 1. The molecule has 0 fully saturated rings. The highest BCUT2D eigenvalue weighted by molar-refractivity contribution is 5.95. The molecule has 2 N–H and O–H groups in total. The lowest BCUT2D eigenvalue weighted by Gasteiger charge is -2.08. The molecule has 0 spiro atoms. The van der Waals surface area contributed by atoms with E-state index in [1.165, 1.54) is 0 Å². The predicted molar refractivity (Wildman–Crippen MR) is 107 cm³/mol. The molecular weight excluding hydrogens is 338 g/mol. The lowest BCUT2D eigenvalue weighted by molar-refractivity contribution is -0.115. The van der Waals surface area contributed by atoms with E-state index in [2.05, 4.69) is 15.3 Å². The highest BCUT2D eigenvalue weighted by Gasteiger charge is 2.08. The van der Waals surface area contributed by atoms with Gasteiger partial charge in [-0.2, -0.15) is 0 Å². The third-order valence-corrected chi connectivity index (χ3v) is 4.44. The third kappa shape index (κ3) is 3.67. The van der Waals surface area contributed by atoms with Gasteiger partial charge in [0.1, 0.15) is 11.4 Å². The van der Waals surface area contributed by atoms with Gasteiger partial charge in [-0.1, -0.05) is 24.3 Å². The minimum Gasteiger partial charge on any atom is -0.497 e. The second-order valence-electron chi connectivity index (χ2n) is 6.25. The molecule has 0 unspecified atom stereocenters. The average molecular weight is 357 g/mol. The van der Waals surface area contributed by atoms with Crippen molar-refractivity contribution >= 4 is 22.6 Å². The monoisotopic (exact) mass is 357 g/mol. The fourth-order valence-electron chi connectivity index (χ4n) is 3.12. The quantitative estimate of drug-likeness (QED) is 0.556. The van der Waals surface area contributed by atoms with Gasteiger partial charge < -0.3 is 15.0 Å². The maximum absolute atomic E-state index is 12.3. The van der Waals surface area contributed by atoms with E-state index >= 15 is 0 Å². The van der Waals surface area contributed by atoms with Crippen LogP contribution in [0.1, 0.15) is 5.56 Å². The van der Waals surface area contributed by atoms with Crippen molar-refractivity contribution in [1.29, 1.82) is 0 Å². The van der Waals surface area contributed by atoms with Crippen molar-refractivity contribution in [2.75, 3.05) is 12.4 Å². The summed E-state index contributed by atoms with van der Waals surface area (Å²) < 4.78 is 5.20. The van der Waals surface area contributed by atoms with Crippen LogP contribution in [0.4, 0.5) is 5.69 Å². The summed E-state index contributed by atoms with van der Waals surface area (Å²) in [5.41, 5.74) is 4.73. The van der Waals surface area contributed by atoms with Gasteiger partial charge in [-0.25, -0.2) is 4.98 Å². The van der Waals surface area contributed by atoms with Gasteiger partial charge in [-0.05, 0) is 53.1 Å². The van der Waals surface area contributed by atoms with Crippen LogP contribution < -0.4 is 10.1 Å². The second-order valence-corrected chi connectivity index (χ2v) is 6.25. The molecule has 27 heavy (non-hydrogen) atoms. The highest BCUT2D eigenvalue weighted by Crippen LogP contribution is 2.27. The summed E-state index contributed by atoms with van der Waals surface area (Å²) in [7, 11) is 1.62. The zero-order valence-electron chi connectivity index (χ0n) is 14.9. The van der Waals surface area contributed by atoms with Crippen LogP contribution in [0.15, 0.2) is 73.1 Å². The van der Waals surface area contributed by atoms with Crippen LogP contribution in [-0.4, -0.2) is 23.0 Å². The first-order valence-corrected chi connectivity index (χ1v) is 8.68. The number of methoxy groups -OCH3 is 1. The molecule has 0 atom stereocenters. The molecule has 0 aliphatic carbocycles. The van der Waals surface area contributed by atoms with Gasteiger partial charge in [0, 0.05) is 23.5 Å². The normalized spacial score (nSPS) is 10.7. The fraction of sp³-hybridized carbons (Fsp3) is 0.0909. The lowest BCUT2D eigenvalue weighted by Crippen LogP contribution is -2.14. The van der Waals surface area contributed by atoms with Gasteiger partial charge in [0.2, 0.25) is 5.91 Å². The number of fused-ring (bicyclic) bond motifs is 1. The Balaban J connectivity index is 1.47. The smallest absolute Gasteiger partial charge is 0.228 e. The van der Waals surface area contributed by atoms with Crippen LogP contribution in [0.5, 0.6) is 5.75 Å². The molecule has 2 aromatic carbocycles. The highest BCUT2D eigenvalue weighted by atomic mass is 16.5. The van der Waals surface area contributed by atoms with Crippen LogP contribution in [0.3, 0.4) is 0 Å². The summed E-state index contributed by atoms with van der Waals surface area (Å²) in [5.74, 6) is 0.686. The number of anilines is 1. The summed E-state index contributed by atoms with van der Waals surface area (Å²) in [4.78, 5) is 19.7. The zero-order chi connectivity index (χ0) is 18.6. The number of aromatic nitrogens is 2. The van der Waals surface area contributed by atoms with Crippen LogP contribution in [0.25, 0.3) is 22.2 Å². The average Bonchev–Trinajstić information content (AvgIpc) is 3.17. The Morgan fingerprint density at radius 2 is 1.96 bits per heavy atom. The summed E-state index contributed by atoms with van der Waals surface area (Å²) in [6.07, 6.45) is 3.97. The van der Waals surface area contributed by atoms with E-state index in [9.17, 15) is 4.79 Å². The molecule has 4 aromatic rings. The largest absolute Gasteiger partial charge is 0.497 e. The molecule has 0 aliphatic rings. The molecule has 2 aromatic heterocycles. The number of H-pyrrole nitrogens is 1. The molecule has 4 rings (SSSR count). The van der Waals surface area contributed by atoms with Crippen molar-refractivity contribution in [3.8, 4) is 16.9 Å². The van der Waals surface area contributed by atoms with Crippen LogP contribution in [-0.2, 0) is 11.2 Å². The summed E-state index contributed by atoms with van der Waals surface area (Å²) in [6, 6.07) is 19.4. The topological polar surface area (TPSA) is 67.0 Å². The standard InChI is InChI=1S/C22H19N3O2/c1-27-18-4-2-3-15(13-18)14-21(26)25-17-7-5-16(6-8-17)19-9-11-23-22-20(19)10-12-24-22/h2-13H,14H2,1H3,(H,23,24)(H,25,26). The molecule has 0 bridgehead atoms. The van der Waals surface area contributed by atoms with E-state index in [1.54, 1.807) is 13.3 Å². The maximum atomic E-state index is 12.3. The first-order chi connectivity index (χ1) is 13.2. The van der Waals surface area contributed by atoms with Crippen molar-refractivity contribution < 1.29 is 9.53 Å². The Bertz CT molecular complexity index is 1080. The molecular formula is C22H19N3O2. The number of nitrogens with one attached hydrogen (secondary N) is 2. The number of carbonyl (C=O) groups is 1. The zero-order valence-corrected chi connectivity index (χ0v) is 14.9. The van der Waals surface area contributed by atoms with Crippen molar-refractivity contribution in [3.63, 3.8) is 0 Å². The van der Waals surface area contributed by atoms with Gasteiger partial charge in [0.05, 0.1) is 13.5 Å². The molecule has 5 heteroatoms. The molecule has 2 heterocycles. The number of carbonyl (C=O) groups excluding carboxylic acids is 1. The van der Waals surface area contributed by atoms with Crippen LogP contribution in [0, 0.1) is 0 Å².